The molecule has 2 bridgehead atoms. The molecule has 8 rings (SSSR count). The summed E-state index contributed by atoms with van der Waals surface area (Å²) in [5.41, 5.74) is 5.49. The van der Waals surface area contributed by atoms with Crippen molar-refractivity contribution in [3.63, 3.8) is 0 Å². The van der Waals surface area contributed by atoms with Crippen LogP contribution in [-0.2, 0) is 23.9 Å². The molecule has 0 saturated carbocycles. The molecule has 4 aromatic carbocycles. The molecule has 3 aliphatic carbocycles. The van der Waals surface area contributed by atoms with Crippen molar-refractivity contribution in [3.8, 4) is 0 Å². The standard InChI is InChI=1S/C38H32N2O7/c1-2-3-19-46-37(44)22-15-17-24(18-16-22)39-30(41)21-47-38(45)23-9-8-10-25(20-23)40-35(42)33-31-26-11-4-5-12-27(26)32(34(33)36(40)43)29-14-7-6-13-28(29)31/h4-18,20,31-34H,2-3,19,21H2,1H3,(H,39,41)/t31?,32?,33-,34+. The molecular weight excluding hydrogens is 596 g/mol. The quantitative estimate of drug-likeness (QED) is 0.141. The summed E-state index contributed by atoms with van der Waals surface area (Å²) in [7, 11) is 0. The highest BCUT2D eigenvalue weighted by Crippen LogP contribution is 2.61. The Morgan fingerprint density at radius 1 is 0.681 bits per heavy atom. The molecule has 0 unspecified atom stereocenters. The maximum atomic E-state index is 14.1. The molecule has 0 radical (unpaired) electrons. The minimum Gasteiger partial charge on any atom is -0.462 e. The summed E-state index contributed by atoms with van der Waals surface area (Å²) >= 11 is 0. The molecule has 4 aromatic rings. The van der Waals surface area contributed by atoms with Gasteiger partial charge in [0, 0.05) is 17.5 Å². The topological polar surface area (TPSA) is 119 Å². The fraction of sp³-hybridized carbons (Fsp3) is 0.237. The van der Waals surface area contributed by atoms with Crippen LogP contribution in [0.5, 0.6) is 0 Å². The lowest BCUT2D eigenvalue weighted by atomic mass is 9.55. The third kappa shape index (κ3) is 5.27. The summed E-state index contributed by atoms with van der Waals surface area (Å²) in [4.78, 5) is 66.9. The van der Waals surface area contributed by atoms with E-state index in [0.717, 1.165) is 35.1 Å². The van der Waals surface area contributed by atoms with Gasteiger partial charge in [0.15, 0.2) is 6.61 Å². The van der Waals surface area contributed by atoms with E-state index < -0.39 is 36.3 Å². The number of carbonyl (C=O) groups is 5. The number of carbonyl (C=O) groups excluding carboxylic acids is 5. The van der Waals surface area contributed by atoms with Crippen LogP contribution < -0.4 is 10.2 Å². The molecule has 4 aliphatic rings. The second-order valence-corrected chi connectivity index (χ2v) is 12.0. The summed E-state index contributed by atoms with van der Waals surface area (Å²) in [6.45, 7) is 1.79. The monoisotopic (exact) mass is 628 g/mol. The molecule has 1 N–H and O–H groups in total. The van der Waals surface area contributed by atoms with Gasteiger partial charge in [-0.25, -0.2) is 14.5 Å². The van der Waals surface area contributed by atoms with E-state index in [1.165, 1.54) is 17.0 Å². The number of nitrogens with zero attached hydrogens (tertiary/aromatic N) is 1. The van der Waals surface area contributed by atoms with Crippen molar-refractivity contribution < 1.29 is 33.4 Å². The van der Waals surface area contributed by atoms with E-state index in [9.17, 15) is 24.0 Å². The molecule has 9 heteroatoms. The first-order valence-electron chi connectivity index (χ1n) is 15.8. The molecule has 3 amide bonds. The summed E-state index contributed by atoms with van der Waals surface area (Å²) in [6.07, 6.45) is 1.70. The van der Waals surface area contributed by atoms with Crippen LogP contribution in [0.3, 0.4) is 0 Å². The number of esters is 2. The van der Waals surface area contributed by atoms with Crippen LogP contribution in [0.15, 0.2) is 97.1 Å². The first-order valence-corrected chi connectivity index (χ1v) is 15.8. The first kappa shape index (κ1) is 30.1. The molecule has 2 atom stereocenters. The van der Waals surface area contributed by atoms with E-state index in [1.54, 1.807) is 36.4 Å². The number of anilines is 2. The Labute approximate surface area is 271 Å². The van der Waals surface area contributed by atoms with Gasteiger partial charge in [-0.1, -0.05) is 67.9 Å². The number of rotatable bonds is 9. The van der Waals surface area contributed by atoms with Gasteiger partial charge in [0.25, 0.3) is 5.91 Å². The van der Waals surface area contributed by atoms with Crippen LogP contribution >= 0.6 is 0 Å². The average Bonchev–Trinajstić information content (AvgIpc) is 3.37. The number of unbranched alkanes of at least 4 members (excludes halogenated alkanes) is 1. The van der Waals surface area contributed by atoms with Gasteiger partial charge in [0.2, 0.25) is 11.8 Å². The number of imide groups is 1. The maximum absolute atomic E-state index is 14.1. The zero-order valence-corrected chi connectivity index (χ0v) is 25.7. The van der Waals surface area contributed by atoms with Gasteiger partial charge in [-0.2, -0.15) is 0 Å². The third-order valence-electron chi connectivity index (χ3n) is 9.26. The summed E-state index contributed by atoms with van der Waals surface area (Å²) in [5, 5.41) is 2.63. The number of ether oxygens (including phenoxy) is 2. The van der Waals surface area contributed by atoms with E-state index in [1.807, 2.05) is 55.5 Å². The number of nitrogens with one attached hydrogen (secondary N) is 1. The highest BCUT2D eigenvalue weighted by atomic mass is 16.5. The molecule has 1 saturated heterocycles. The van der Waals surface area contributed by atoms with E-state index in [4.69, 9.17) is 9.47 Å². The van der Waals surface area contributed by atoms with E-state index in [-0.39, 0.29) is 34.9 Å². The van der Waals surface area contributed by atoms with Gasteiger partial charge in [0.05, 0.1) is 35.3 Å². The van der Waals surface area contributed by atoms with E-state index >= 15 is 0 Å². The maximum Gasteiger partial charge on any atom is 0.338 e. The normalized spacial score (nSPS) is 20.2. The summed E-state index contributed by atoms with van der Waals surface area (Å²) in [5.74, 6) is -3.92. The van der Waals surface area contributed by atoms with Gasteiger partial charge < -0.3 is 14.8 Å². The molecule has 0 spiro atoms. The van der Waals surface area contributed by atoms with Crippen molar-refractivity contribution in [3.05, 3.63) is 130 Å². The molecule has 0 aromatic heterocycles. The van der Waals surface area contributed by atoms with Crippen LogP contribution in [-0.4, -0.2) is 42.9 Å². The Morgan fingerprint density at radius 3 is 1.79 bits per heavy atom. The highest BCUT2D eigenvalue weighted by Gasteiger charge is 2.61. The number of hydrogen-bond acceptors (Lipinski definition) is 7. The molecule has 47 heavy (non-hydrogen) atoms. The van der Waals surface area contributed by atoms with Crippen molar-refractivity contribution in [2.24, 2.45) is 11.8 Å². The second kappa shape index (κ2) is 12.3. The molecule has 236 valence electrons. The van der Waals surface area contributed by atoms with Gasteiger partial charge in [-0.15, -0.1) is 0 Å². The molecular formula is C38H32N2O7. The van der Waals surface area contributed by atoms with Crippen LogP contribution in [0.1, 0.15) is 74.6 Å². The minimum absolute atomic E-state index is 0.103. The van der Waals surface area contributed by atoms with Gasteiger partial charge in [-0.05, 0) is 71.1 Å². The van der Waals surface area contributed by atoms with Gasteiger partial charge >= 0.3 is 11.9 Å². The Kier molecular flexibility index (Phi) is 7.89. The Bertz CT molecular complexity index is 1800. The lowest BCUT2D eigenvalue weighted by Crippen LogP contribution is -2.41. The molecule has 1 fully saturated rings. The molecule has 1 aliphatic heterocycles. The SMILES string of the molecule is CCCCOC(=O)c1ccc(NC(=O)COC(=O)c2cccc(N3C(=O)[C@@H]4C5c6ccccc6C(c6ccccc65)[C@@H]4C3=O)c2)cc1. The Balaban J connectivity index is 1.03. The molecule has 9 nitrogen and oxygen atoms in total. The van der Waals surface area contributed by atoms with Crippen LogP contribution in [0, 0.1) is 11.8 Å². The Morgan fingerprint density at radius 2 is 1.23 bits per heavy atom. The van der Waals surface area contributed by atoms with E-state index in [2.05, 4.69) is 5.32 Å². The highest BCUT2D eigenvalue weighted by molar-refractivity contribution is 6.23. The fourth-order valence-electron chi connectivity index (χ4n) is 7.20. The van der Waals surface area contributed by atoms with Crippen molar-refractivity contribution in [2.45, 2.75) is 31.6 Å². The van der Waals surface area contributed by atoms with Crippen molar-refractivity contribution in [1.82, 2.24) is 0 Å². The summed E-state index contributed by atoms with van der Waals surface area (Å²) in [6, 6.07) is 28.4. The third-order valence-corrected chi connectivity index (χ3v) is 9.26. The predicted octanol–water partition coefficient (Wildman–Crippen LogP) is 5.84. The zero-order valence-electron chi connectivity index (χ0n) is 25.7. The van der Waals surface area contributed by atoms with Crippen molar-refractivity contribution in [2.75, 3.05) is 23.4 Å². The smallest absolute Gasteiger partial charge is 0.338 e. The van der Waals surface area contributed by atoms with Gasteiger partial charge in [-0.3, -0.25) is 14.4 Å². The zero-order chi connectivity index (χ0) is 32.7. The van der Waals surface area contributed by atoms with Crippen molar-refractivity contribution >= 4 is 41.0 Å². The number of benzene rings is 4. The lowest BCUT2D eigenvalue weighted by molar-refractivity contribution is -0.122. The minimum atomic E-state index is -0.774. The van der Waals surface area contributed by atoms with Gasteiger partial charge in [0.1, 0.15) is 0 Å². The predicted molar refractivity (Wildman–Crippen MR) is 173 cm³/mol. The Hall–Kier alpha value is -5.57. The lowest BCUT2D eigenvalue weighted by Gasteiger charge is -2.45. The van der Waals surface area contributed by atoms with Crippen LogP contribution in [0.4, 0.5) is 11.4 Å². The second-order valence-electron chi connectivity index (χ2n) is 12.0. The van der Waals surface area contributed by atoms with E-state index in [0.29, 0.717) is 17.9 Å². The fourth-order valence-corrected chi connectivity index (χ4v) is 7.20. The average molecular weight is 629 g/mol. The molecule has 1 heterocycles. The largest absolute Gasteiger partial charge is 0.462 e. The first-order chi connectivity index (χ1) is 22.9. The van der Waals surface area contributed by atoms with Crippen molar-refractivity contribution in [1.29, 1.82) is 0 Å². The van der Waals surface area contributed by atoms with Crippen LogP contribution in [0.25, 0.3) is 0 Å². The number of amides is 3. The number of hydrogen-bond donors (Lipinski definition) is 1. The van der Waals surface area contributed by atoms with Crippen LogP contribution in [0.2, 0.25) is 0 Å². The summed E-state index contributed by atoms with van der Waals surface area (Å²) < 4.78 is 10.4.